The van der Waals surface area contributed by atoms with Crippen LogP contribution in [0.25, 0.3) is 0 Å². The third kappa shape index (κ3) is 2.03. The molecule has 0 unspecified atom stereocenters. The Balaban J connectivity index is 3.28. The summed E-state index contributed by atoms with van der Waals surface area (Å²) in [6, 6.07) is 1.59. The molecule has 0 radical (unpaired) electrons. The molecule has 0 amide bonds. The molecule has 13 heavy (non-hydrogen) atoms. The summed E-state index contributed by atoms with van der Waals surface area (Å²) in [5.41, 5.74) is -0.551. The van der Waals surface area contributed by atoms with Crippen LogP contribution >= 0.6 is 15.9 Å². The van der Waals surface area contributed by atoms with Crippen LogP contribution in [0.5, 0.6) is 0 Å². The van der Waals surface area contributed by atoms with Crippen molar-refractivity contribution in [2.75, 3.05) is 0 Å². The Morgan fingerprint density at radius 2 is 1.85 bits per heavy atom. The van der Waals surface area contributed by atoms with Crippen LogP contribution in [-0.4, -0.2) is 11.1 Å². The number of hydrogen-bond acceptors (Lipinski definition) is 1. The van der Waals surface area contributed by atoms with Crippen molar-refractivity contribution in [3.63, 3.8) is 0 Å². The summed E-state index contributed by atoms with van der Waals surface area (Å²) in [6.45, 7) is 0. The molecule has 0 spiro atoms. The lowest BCUT2D eigenvalue weighted by molar-refractivity contribution is 0.0695. The Morgan fingerprint density at radius 3 is 2.15 bits per heavy atom. The maximum Gasteiger partial charge on any atom is 0.335 e. The van der Waals surface area contributed by atoms with Crippen molar-refractivity contribution in [1.82, 2.24) is 0 Å². The second kappa shape index (κ2) is 3.83. The summed E-state index contributed by atoms with van der Waals surface area (Å²) < 4.78 is 25.9. The Morgan fingerprint density at radius 1 is 1.38 bits per heavy atom. The Kier molecular flexibility index (Phi) is 2.98. The molecular weight excluding hydrogens is 246 g/mol. The highest BCUT2D eigenvalue weighted by atomic mass is 79.9. The van der Waals surface area contributed by atoms with Gasteiger partial charge >= 0.3 is 5.97 Å². The fourth-order valence-corrected chi connectivity index (χ4v) is 1.39. The molecule has 0 heterocycles. The van der Waals surface area contributed by atoms with Gasteiger partial charge in [-0.15, -0.1) is 0 Å². The van der Waals surface area contributed by atoms with Gasteiger partial charge in [0.2, 0.25) is 0 Å². The summed E-state index contributed by atoms with van der Waals surface area (Å²) in [7, 11) is 0. The zero-order valence-electron chi connectivity index (χ0n) is 6.35. The number of rotatable bonds is 2. The molecule has 0 saturated heterocycles. The molecule has 1 aromatic rings. The van der Waals surface area contributed by atoms with Gasteiger partial charge in [0.15, 0.2) is 0 Å². The molecule has 1 N–H and O–H groups in total. The van der Waals surface area contributed by atoms with Crippen molar-refractivity contribution < 1.29 is 18.7 Å². The Bertz CT molecular complexity index is 329. The summed E-state index contributed by atoms with van der Waals surface area (Å²) in [5.74, 6) is -3.05. The number of halogens is 3. The topological polar surface area (TPSA) is 37.3 Å². The first-order valence-corrected chi connectivity index (χ1v) is 4.45. The van der Waals surface area contributed by atoms with Gasteiger partial charge < -0.3 is 5.11 Å². The third-order valence-corrected chi connectivity index (χ3v) is 2.08. The van der Waals surface area contributed by atoms with Crippen molar-refractivity contribution in [1.29, 1.82) is 0 Å². The van der Waals surface area contributed by atoms with Crippen molar-refractivity contribution in [2.45, 2.75) is 5.33 Å². The van der Waals surface area contributed by atoms with E-state index in [9.17, 15) is 13.6 Å². The van der Waals surface area contributed by atoms with Gasteiger partial charge in [0.25, 0.3) is 0 Å². The first kappa shape index (κ1) is 10.1. The van der Waals surface area contributed by atoms with Gasteiger partial charge in [0, 0.05) is 10.9 Å². The quantitative estimate of drug-likeness (QED) is 0.820. The van der Waals surface area contributed by atoms with Gasteiger partial charge in [0.05, 0.1) is 5.56 Å². The third-order valence-electron chi connectivity index (χ3n) is 1.52. The smallest absolute Gasteiger partial charge is 0.335 e. The van der Waals surface area contributed by atoms with Crippen molar-refractivity contribution in [3.05, 3.63) is 34.9 Å². The monoisotopic (exact) mass is 250 g/mol. The second-order valence-corrected chi connectivity index (χ2v) is 2.92. The molecule has 2 nitrogen and oxygen atoms in total. The normalized spacial score (nSPS) is 10.1. The minimum Gasteiger partial charge on any atom is -0.478 e. The van der Waals surface area contributed by atoms with E-state index >= 15 is 0 Å². The predicted octanol–water partition coefficient (Wildman–Crippen LogP) is 2.56. The molecule has 0 saturated carbocycles. The summed E-state index contributed by atoms with van der Waals surface area (Å²) in [4.78, 5) is 10.4. The van der Waals surface area contributed by atoms with E-state index < -0.39 is 17.6 Å². The molecule has 0 fully saturated rings. The molecule has 0 aliphatic heterocycles. The SMILES string of the molecule is O=C(O)c1cc(F)c(CBr)c(F)c1. The standard InChI is InChI=1S/C8H5BrF2O2/c9-3-5-6(10)1-4(8(12)13)2-7(5)11/h1-2H,3H2,(H,12,13). The zero-order valence-corrected chi connectivity index (χ0v) is 7.94. The summed E-state index contributed by atoms with van der Waals surface area (Å²) >= 11 is 2.89. The van der Waals surface area contributed by atoms with Crippen molar-refractivity contribution in [2.24, 2.45) is 0 Å². The van der Waals surface area contributed by atoms with E-state index in [4.69, 9.17) is 5.11 Å². The summed E-state index contributed by atoms with van der Waals surface area (Å²) in [5, 5.41) is 8.47. The van der Waals surface area contributed by atoms with Crippen molar-refractivity contribution in [3.8, 4) is 0 Å². The van der Waals surface area contributed by atoms with Crippen LogP contribution in [0, 0.1) is 11.6 Å². The molecule has 5 heteroatoms. The highest BCUT2D eigenvalue weighted by Crippen LogP contribution is 2.17. The molecule has 0 aliphatic carbocycles. The number of carbonyl (C=O) groups is 1. The van der Waals surface area contributed by atoms with Crippen LogP contribution in [-0.2, 0) is 5.33 Å². The van der Waals surface area contributed by atoms with E-state index in [1.807, 2.05) is 0 Å². The van der Waals surface area contributed by atoms with Gasteiger partial charge in [-0.3, -0.25) is 0 Å². The van der Waals surface area contributed by atoms with Crippen LogP contribution in [0.4, 0.5) is 8.78 Å². The lowest BCUT2D eigenvalue weighted by atomic mass is 10.1. The maximum atomic E-state index is 12.9. The predicted molar refractivity (Wildman–Crippen MR) is 45.9 cm³/mol. The maximum absolute atomic E-state index is 12.9. The highest BCUT2D eigenvalue weighted by Gasteiger charge is 2.13. The highest BCUT2D eigenvalue weighted by molar-refractivity contribution is 9.08. The fourth-order valence-electron chi connectivity index (χ4n) is 0.854. The van der Waals surface area contributed by atoms with Gasteiger partial charge in [0.1, 0.15) is 11.6 Å². The van der Waals surface area contributed by atoms with E-state index in [0.717, 1.165) is 12.1 Å². The fraction of sp³-hybridized carbons (Fsp3) is 0.125. The van der Waals surface area contributed by atoms with E-state index in [1.54, 1.807) is 0 Å². The molecule has 0 aliphatic rings. The van der Waals surface area contributed by atoms with Gasteiger partial charge in [-0.05, 0) is 12.1 Å². The van der Waals surface area contributed by atoms with Crippen LogP contribution in [0.2, 0.25) is 0 Å². The van der Waals surface area contributed by atoms with E-state index in [2.05, 4.69) is 15.9 Å². The first-order valence-electron chi connectivity index (χ1n) is 3.33. The van der Waals surface area contributed by atoms with E-state index in [-0.39, 0.29) is 16.5 Å². The molecule has 1 aromatic carbocycles. The first-order chi connectivity index (χ1) is 6.06. The number of carboxylic acid groups (broad SMARTS) is 1. The van der Waals surface area contributed by atoms with Crippen LogP contribution in [0.15, 0.2) is 12.1 Å². The van der Waals surface area contributed by atoms with Crippen LogP contribution < -0.4 is 0 Å². The lowest BCUT2D eigenvalue weighted by Crippen LogP contribution is -2.01. The molecule has 70 valence electrons. The number of carboxylic acids is 1. The van der Waals surface area contributed by atoms with E-state index in [1.165, 1.54) is 0 Å². The molecular formula is C8H5BrF2O2. The Labute approximate surface area is 81.3 Å². The average Bonchev–Trinajstić information content (AvgIpc) is 2.03. The van der Waals surface area contributed by atoms with E-state index in [0.29, 0.717) is 0 Å². The molecule has 0 bridgehead atoms. The number of benzene rings is 1. The van der Waals surface area contributed by atoms with Crippen molar-refractivity contribution >= 4 is 21.9 Å². The second-order valence-electron chi connectivity index (χ2n) is 2.36. The zero-order chi connectivity index (χ0) is 10.0. The number of alkyl halides is 1. The van der Waals surface area contributed by atoms with Crippen LogP contribution in [0.3, 0.4) is 0 Å². The summed E-state index contributed by atoms with van der Waals surface area (Å²) in [6.07, 6.45) is 0. The number of hydrogen-bond donors (Lipinski definition) is 1. The minimum absolute atomic E-state index is 0.0184. The molecule has 0 atom stereocenters. The van der Waals surface area contributed by atoms with Gasteiger partial charge in [-0.1, -0.05) is 15.9 Å². The molecule has 0 aromatic heterocycles. The Hall–Kier alpha value is -0.970. The number of aromatic carboxylic acids is 1. The lowest BCUT2D eigenvalue weighted by Gasteiger charge is -2.02. The minimum atomic E-state index is -1.35. The average molecular weight is 251 g/mol. The van der Waals surface area contributed by atoms with Gasteiger partial charge in [-0.2, -0.15) is 0 Å². The van der Waals surface area contributed by atoms with Crippen LogP contribution in [0.1, 0.15) is 15.9 Å². The molecule has 1 rings (SSSR count). The largest absolute Gasteiger partial charge is 0.478 e. The van der Waals surface area contributed by atoms with Gasteiger partial charge in [-0.25, -0.2) is 13.6 Å².